The van der Waals surface area contributed by atoms with Gasteiger partial charge in [-0.2, -0.15) is 0 Å². The van der Waals surface area contributed by atoms with Crippen LogP contribution >= 0.6 is 0 Å². The number of benzene rings is 2. The molecule has 3 N–H and O–H groups in total. The van der Waals surface area contributed by atoms with Crippen molar-refractivity contribution in [3.63, 3.8) is 0 Å². The summed E-state index contributed by atoms with van der Waals surface area (Å²) < 4.78 is 0. The summed E-state index contributed by atoms with van der Waals surface area (Å²) >= 11 is 0. The Morgan fingerprint density at radius 1 is 1.05 bits per heavy atom. The maximum Gasteiger partial charge on any atom is 0.224 e. The number of Topliss-reactive ketones (excluding diaryl/α,β-unsaturated/α-hetero) is 1. The summed E-state index contributed by atoms with van der Waals surface area (Å²) in [5, 5.41) is 2.73. The van der Waals surface area contributed by atoms with E-state index in [9.17, 15) is 9.59 Å². The van der Waals surface area contributed by atoms with Gasteiger partial charge in [0.05, 0.1) is 11.4 Å². The van der Waals surface area contributed by atoms with Crippen molar-refractivity contribution in [1.29, 1.82) is 0 Å². The second-order valence-electron chi connectivity index (χ2n) is 4.93. The van der Waals surface area contributed by atoms with Gasteiger partial charge in [0.1, 0.15) is 0 Å². The van der Waals surface area contributed by atoms with Gasteiger partial charge in [-0.3, -0.25) is 9.59 Å². The van der Waals surface area contributed by atoms with Crippen molar-refractivity contribution >= 4 is 23.1 Å². The number of hydrogen-bond acceptors (Lipinski definition) is 3. The fourth-order valence-corrected chi connectivity index (χ4v) is 2.00. The first-order chi connectivity index (χ1) is 10.1. The molecule has 0 saturated carbocycles. The number of hydrogen-bond donors (Lipinski definition) is 2. The van der Waals surface area contributed by atoms with Gasteiger partial charge < -0.3 is 11.1 Å². The lowest BCUT2D eigenvalue weighted by Crippen LogP contribution is -2.14. The highest BCUT2D eigenvalue weighted by Crippen LogP contribution is 2.19. The zero-order chi connectivity index (χ0) is 15.2. The molecule has 0 bridgehead atoms. The molecule has 108 valence electrons. The van der Waals surface area contributed by atoms with E-state index in [1.807, 2.05) is 19.1 Å². The second-order valence-corrected chi connectivity index (χ2v) is 4.93. The quantitative estimate of drug-likeness (QED) is 0.653. The lowest BCUT2D eigenvalue weighted by Gasteiger charge is -2.08. The fraction of sp³-hybridized carbons (Fsp3) is 0.176. The minimum Gasteiger partial charge on any atom is -0.397 e. The lowest BCUT2D eigenvalue weighted by atomic mass is 10.1. The first kappa shape index (κ1) is 14.8. The smallest absolute Gasteiger partial charge is 0.224 e. The number of nitrogens with one attached hydrogen (secondary N) is 1. The zero-order valence-corrected chi connectivity index (χ0v) is 11.9. The topological polar surface area (TPSA) is 72.2 Å². The maximum absolute atomic E-state index is 11.9. The Hall–Kier alpha value is -2.62. The van der Waals surface area contributed by atoms with Crippen LogP contribution in [0.2, 0.25) is 0 Å². The molecule has 0 fully saturated rings. The third-order valence-corrected chi connectivity index (χ3v) is 3.16. The normalized spacial score (nSPS) is 10.1. The van der Waals surface area contributed by atoms with Gasteiger partial charge >= 0.3 is 0 Å². The van der Waals surface area contributed by atoms with Crippen LogP contribution in [0.15, 0.2) is 48.5 Å². The summed E-state index contributed by atoms with van der Waals surface area (Å²) in [7, 11) is 0. The molecule has 2 aromatic carbocycles. The van der Waals surface area contributed by atoms with Crippen molar-refractivity contribution in [2.24, 2.45) is 0 Å². The van der Waals surface area contributed by atoms with E-state index in [0.717, 1.165) is 5.56 Å². The van der Waals surface area contributed by atoms with Crippen molar-refractivity contribution in [3.05, 3.63) is 59.7 Å². The molecule has 0 heterocycles. The van der Waals surface area contributed by atoms with Gasteiger partial charge in [0.25, 0.3) is 0 Å². The van der Waals surface area contributed by atoms with E-state index in [-0.39, 0.29) is 24.5 Å². The third-order valence-electron chi connectivity index (χ3n) is 3.16. The average molecular weight is 282 g/mol. The molecule has 0 aliphatic rings. The third kappa shape index (κ3) is 4.18. The van der Waals surface area contributed by atoms with Crippen LogP contribution in [0.4, 0.5) is 11.4 Å². The van der Waals surface area contributed by atoms with Crippen molar-refractivity contribution < 1.29 is 9.59 Å². The first-order valence-electron chi connectivity index (χ1n) is 6.80. The van der Waals surface area contributed by atoms with E-state index in [1.54, 1.807) is 36.4 Å². The van der Waals surface area contributed by atoms with E-state index >= 15 is 0 Å². The van der Waals surface area contributed by atoms with E-state index in [2.05, 4.69) is 5.32 Å². The molecule has 0 saturated heterocycles. The number of nitrogen functional groups attached to an aromatic ring is 1. The van der Waals surface area contributed by atoms with E-state index in [0.29, 0.717) is 16.9 Å². The van der Waals surface area contributed by atoms with Crippen LogP contribution in [0.3, 0.4) is 0 Å². The van der Waals surface area contributed by atoms with Crippen molar-refractivity contribution in [2.45, 2.75) is 19.8 Å². The molecule has 2 aromatic rings. The molecule has 0 spiro atoms. The molecule has 0 unspecified atom stereocenters. The van der Waals surface area contributed by atoms with Gasteiger partial charge in [-0.25, -0.2) is 0 Å². The molecule has 0 aliphatic heterocycles. The molecule has 0 aliphatic carbocycles. The second kappa shape index (κ2) is 6.70. The average Bonchev–Trinajstić information content (AvgIpc) is 2.48. The van der Waals surface area contributed by atoms with Gasteiger partial charge in [-0.05, 0) is 24.6 Å². The highest BCUT2D eigenvalue weighted by Gasteiger charge is 2.10. The van der Waals surface area contributed by atoms with Gasteiger partial charge in [0.15, 0.2) is 5.78 Å². The van der Waals surface area contributed by atoms with Crippen LogP contribution < -0.4 is 11.1 Å². The Morgan fingerprint density at radius 2 is 1.76 bits per heavy atom. The number of rotatable bonds is 5. The van der Waals surface area contributed by atoms with Crippen LogP contribution in [0, 0.1) is 6.92 Å². The van der Waals surface area contributed by atoms with Crippen molar-refractivity contribution in [1.82, 2.24) is 0 Å². The van der Waals surface area contributed by atoms with Crippen molar-refractivity contribution in [3.8, 4) is 0 Å². The molecular formula is C17H18N2O2. The van der Waals surface area contributed by atoms with Crippen LogP contribution in [0.5, 0.6) is 0 Å². The van der Waals surface area contributed by atoms with Crippen molar-refractivity contribution in [2.75, 3.05) is 11.1 Å². The monoisotopic (exact) mass is 282 g/mol. The lowest BCUT2D eigenvalue weighted by molar-refractivity contribution is -0.116. The number of ketones is 1. The molecule has 0 atom stereocenters. The molecule has 0 radical (unpaired) electrons. The first-order valence-corrected chi connectivity index (χ1v) is 6.80. The minimum absolute atomic E-state index is 0.0392. The Morgan fingerprint density at radius 3 is 2.43 bits per heavy atom. The number of nitrogens with two attached hydrogens (primary N) is 1. The Balaban J connectivity index is 1.89. The predicted molar refractivity (Wildman–Crippen MR) is 84.2 cm³/mol. The van der Waals surface area contributed by atoms with Gasteiger partial charge in [0.2, 0.25) is 5.91 Å². The molecular weight excluding hydrogens is 264 g/mol. The molecule has 21 heavy (non-hydrogen) atoms. The SMILES string of the molecule is Cc1ccc(NC(=O)CCC(=O)c2ccccc2)c(N)c1. The number of anilines is 2. The van der Waals surface area contributed by atoms with Crippen LogP contribution in [0.1, 0.15) is 28.8 Å². The molecule has 2 rings (SSSR count). The van der Waals surface area contributed by atoms with Crippen LogP contribution in [0.25, 0.3) is 0 Å². The highest BCUT2D eigenvalue weighted by molar-refractivity contribution is 6.00. The summed E-state index contributed by atoms with van der Waals surface area (Å²) in [6, 6.07) is 14.4. The van der Waals surface area contributed by atoms with Gasteiger partial charge in [-0.1, -0.05) is 36.4 Å². The molecule has 4 nitrogen and oxygen atoms in total. The van der Waals surface area contributed by atoms with Crippen LogP contribution in [-0.4, -0.2) is 11.7 Å². The van der Waals surface area contributed by atoms with E-state index in [1.165, 1.54) is 0 Å². The van der Waals surface area contributed by atoms with Gasteiger partial charge in [-0.15, -0.1) is 0 Å². The molecule has 1 amide bonds. The summed E-state index contributed by atoms with van der Waals surface area (Å²) in [4.78, 5) is 23.8. The Bertz CT molecular complexity index is 651. The molecule has 4 heteroatoms. The number of carbonyl (C=O) groups excluding carboxylic acids is 2. The zero-order valence-electron chi connectivity index (χ0n) is 11.9. The Kier molecular flexibility index (Phi) is 4.72. The predicted octanol–water partition coefficient (Wildman–Crippen LogP) is 3.18. The highest BCUT2D eigenvalue weighted by atomic mass is 16.2. The fourth-order valence-electron chi connectivity index (χ4n) is 2.00. The minimum atomic E-state index is -0.213. The maximum atomic E-state index is 11.9. The Labute approximate surface area is 124 Å². The number of amides is 1. The largest absolute Gasteiger partial charge is 0.397 e. The van der Waals surface area contributed by atoms with Crippen LogP contribution in [-0.2, 0) is 4.79 Å². The standard InChI is InChI=1S/C17H18N2O2/c1-12-7-8-15(14(18)11-12)19-17(21)10-9-16(20)13-5-3-2-4-6-13/h2-8,11H,9-10,18H2,1H3,(H,19,21). The summed E-state index contributed by atoms with van der Waals surface area (Å²) in [5.41, 5.74) is 8.60. The molecule has 0 aromatic heterocycles. The number of aryl methyl sites for hydroxylation is 1. The van der Waals surface area contributed by atoms with Gasteiger partial charge in [0, 0.05) is 18.4 Å². The summed E-state index contributed by atoms with van der Waals surface area (Å²) in [5.74, 6) is -0.252. The summed E-state index contributed by atoms with van der Waals surface area (Å²) in [6.07, 6.45) is 0.322. The van der Waals surface area contributed by atoms with E-state index in [4.69, 9.17) is 5.73 Å². The number of carbonyl (C=O) groups is 2. The summed E-state index contributed by atoms with van der Waals surface area (Å²) in [6.45, 7) is 1.93. The van der Waals surface area contributed by atoms with E-state index < -0.39 is 0 Å².